The highest BCUT2D eigenvalue weighted by Crippen LogP contribution is 2.23. The van der Waals surface area contributed by atoms with Crippen molar-refractivity contribution in [2.45, 2.75) is 33.1 Å². The second kappa shape index (κ2) is 8.36. The number of nitrogens with one attached hydrogen (secondary N) is 1. The van der Waals surface area contributed by atoms with Gasteiger partial charge >= 0.3 is 0 Å². The minimum atomic E-state index is -0.286. The summed E-state index contributed by atoms with van der Waals surface area (Å²) in [4.78, 5) is 23.2. The van der Waals surface area contributed by atoms with Crippen LogP contribution in [-0.4, -0.2) is 35.6 Å². The van der Waals surface area contributed by atoms with Gasteiger partial charge in [-0.05, 0) is 50.8 Å². The van der Waals surface area contributed by atoms with Gasteiger partial charge in [-0.2, -0.15) is 4.98 Å². The number of aryl methyl sites for hydroxylation is 2. The summed E-state index contributed by atoms with van der Waals surface area (Å²) >= 11 is 6.14. The lowest BCUT2D eigenvalue weighted by Gasteiger charge is -2.26. The zero-order valence-corrected chi connectivity index (χ0v) is 15.8. The van der Waals surface area contributed by atoms with Crippen LogP contribution in [0, 0.1) is 13.8 Å². The minimum absolute atomic E-state index is 0.139. The molecule has 1 aromatic heterocycles. The van der Waals surface area contributed by atoms with Crippen LogP contribution >= 0.6 is 11.6 Å². The second-order valence-electron chi connectivity index (χ2n) is 6.52. The molecule has 138 valence electrons. The number of aromatic nitrogens is 2. The van der Waals surface area contributed by atoms with Gasteiger partial charge in [0.2, 0.25) is 11.8 Å². The Morgan fingerprint density at radius 2 is 1.96 bits per heavy atom. The van der Waals surface area contributed by atoms with Gasteiger partial charge in [0.05, 0.1) is 10.7 Å². The van der Waals surface area contributed by atoms with Gasteiger partial charge in [0.25, 0.3) is 5.91 Å². The fourth-order valence-corrected chi connectivity index (χ4v) is 3.16. The molecule has 26 heavy (non-hydrogen) atoms. The number of benzene rings is 1. The number of rotatable bonds is 5. The molecule has 2 aromatic rings. The average Bonchev–Trinajstić information content (AvgIpc) is 2.63. The van der Waals surface area contributed by atoms with Crippen LogP contribution in [-0.2, 0) is 4.79 Å². The molecule has 1 saturated heterocycles. The maximum absolute atomic E-state index is 12.1. The van der Waals surface area contributed by atoms with Gasteiger partial charge in [0, 0.05) is 24.8 Å². The van der Waals surface area contributed by atoms with Crippen molar-refractivity contribution in [1.82, 2.24) is 9.97 Å². The van der Waals surface area contributed by atoms with Crippen LogP contribution < -0.4 is 15.0 Å². The Morgan fingerprint density at radius 3 is 2.69 bits per heavy atom. The predicted octanol–water partition coefficient (Wildman–Crippen LogP) is 3.75. The lowest BCUT2D eigenvalue weighted by Crippen LogP contribution is -2.31. The standard InChI is InChI=1S/C19H23ClN4O2/c1-13-6-7-16(15(20)10-13)22-17(25)12-26-18-11-14(2)21-19(23-18)24-8-4-3-5-9-24/h6-7,10-11H,3-5,8-9,12H2,1-2H3,(H,22,25). The van der Waals surface area contributed by atoms with E-state index in [-0.39, 0.29) is 12.5 Å². The highest BCUT2D eigenvalue weighted by atomic mass is 35.5. The van der Waals surface area contributed by atoms with E-state index < -0.39 is 0 Å². The maximum atomic E-state index is 12.1. The molecule has 0 radical (unpaired) electrons. The number of carbonyl (C=O) groups excluding carboxylic acids is 1. The Morgan fingerprint density at radius 1 is 1.19 bits per heavy atom. The lowest BCUT2D eigenvalue weighted by atomic mass is 10.1. The first-order chi connectivity index (χ1) is 12.5. The Balaban J connectivity index is 1.61. The summed E-state index contributed by atoms with van der Waals surface area (Å²) in [5.41, 5.74) is 2.42. The molecule has 1 N–H and O–H groups in total. The number of nitrogens with zero attached hydrogens (tertiary/aromatic N) is 3. The monoisotopic (exact) mass is 374 g/mol. The van der Waals surface area contributed by atoms with E-state index in [1.165, 1.54) is 6.42 Å². The smallest absolute Gasteiger partial charge is 0.262 e. The lowest BCUT2D eigenvalue weighted by molar-refractivity contribution is -0.118. The first-order valence-electron chi connectivity index (χ1n) is 8.81. The van der Waals surface area contributed by atoms with Gasteiger partial charge in [-0.1, -0.05) is 17.7 Å². The number of carbonyl (C=O) groups is 1. The fraction of sp³-hybridized carbons (Fsp3) is 0.421. The maximum Gasteiger partial charge on any atom is 0.262 e. The fourth-order valence-electron chi connectivity index (χ4n) is 2.88. The number of hydrogen-bond acceptors (Lipinski definition) is 5. The first-order valence-corrected chi connectivity index (χ1v) is 9.18. The van der Waals surface area contributed by atoms with Crippen LogP contribution in [0.1, 0.15) is 30.5 Å². The molecule has 1 amide bonds. The number of piperidine rings is 1. The SMILES string of the molecule is Cc1ccc(NC(=O)COc2cc(C)nc(N3CCCCC3)n2)c(Cl)c1. The van der Waals surface area contributed by atoms with E-state index in [9.17, 15) is 4.79 Å². The van der Waals surface area contributed by atoms with Crippen molar-refractivity contribution in [3.8, 4) is 5.88 Å². The molecule has 3 rings (SSSR count). The van der Waals surface area contributed by atoms with Crippen LogP contribution in [0.3, 0.4) is 0 Å². The Bertz CT molecular complexity index is 791. The van der Waals surface area contributed by atoms with Gasteiger partial charge in [-0.15, -0.1) is 0 Å². The van der Waals surface area contributed by atoms with Crippen LogP contribution in [0.4, 0.5) is 11.6 Å². The molecular weight excluding hydrogens is 352 g/mol. The molecule has 1 aromatic carbocycles. The molecule has 0 spiro atoms. The molecule has 0 aliphatic carbocycles. The van der Waals surface area contributed by atoms with Crippen LogP contribution in [0.15, 0.2) is 24.3 Å². The van der Waals surface area contributed by atoms with Gasteiger partial charge in [0.15, 0.2) is 6.61 Å². The summed E-state index contributed by atoms with van der Waals surface area (Å²) < 4.78 is 5.58. The topological polar surface area (TPSA) is 67.3 Å². The highest BCUT2D eigenvalue weighted by molar-refractivity contribution is 6.33. The van der Waals surface area contributed by atoms with Crippen LogP contribution in [0.5, 0.6) is 5.88 Å². The zero-order chi connectivity index (χ0) is 18.5. The van der Waals surface area contributed by atoms with Gasteiger partial charge in [-0.25, -0.2) is 4.98 Å². The van der Waals surface area contributed by atoms with Gasteiger partial charge < -0.3 is 15.0 Å². The number of ether oxygens (including phenoxy) is 1. The molecular formula is C19H23ClN4O2. The van der Waals surface area contributed by atoms with Gasteiger partial charge in [-0.3, -0.25) is 4.79 Å². The third-order valence-corrected chi connectivity index (χ3v) is 4.52. The van der Waals surface area contributed by atoms with Crippen molar-refractivity contribution >= 4 is 29.1 Å². The Kier molecular flexibility index (Phi) is 5.93. The molecule has 1 fully saturated rings. The quantitative estimate of drug-likeness (QED) is 0.863. The molecule has 1 aliphatic heterocycles. The van der Waals surface area contributed by atoms with Crippen molar-refractivity contribution in [1.29, 1.82) is 0 Å². The van der Waals surface area contributed by atoms with E-state index in [2.05, 4.69) is 20.2 Å². The van der Waals surface area contributed by atoms with Crippen LogP contribution in [0.25, 0.3) is 0 Å². The second-order valence-corrected chi connectivity index (χ2v) is 6.92. The molecule has 0 bridgehead atoms. The summed E-state index contributed by atoms with van der Waals surface area (Å²) in [7, 11) is 0. The molecule has 7 heteroatoms. The van der Waals surface area contributed by atoms with Crippen molar-refractivity contribution in [2.75, 3.05) is 29.9 Å². The van der Waals surface area contributed by atoms with Crippen molar-refractivity contribution in [3.05, 3.63) is 40.5 Å². The zero-order valence-electron chi connectivity index (χ0n) is 15.1. The Labute approximate surface area is 158 Å². The normalized spacial score (nSPS) is 14.2. The van der Waals surface area contributed by atoms with Crippen LogP contribution in [0.2, 0.25) is 5.02 Å². The number of anilines is 2. The third kappa shape index (κ3) is 4.85. The average molecular weight is 375 g/mol. The van der Waals surface area contributed by atoms with Crippen molar-refractivity contribution < 1.29 is 9.53 Å². The highest BCUT2D eigenvalue weighted by Gasteiger charge is 2.15. The minimum Gasteiger partial charge on any atom is -0.467 e. The molecule has 0 saturated carbocycles. The summed E-state index contributed by atoms with van der Waals surface area (Å²) in [6, 6.07) is 7.20. The van der Waals surface area contributed by atoms with E-state index >= 15 is 0 Å². The number of halogens is 1. The van der Waals surface area contributed by atoms with Crippen molar-refractivity contribution in [3.63, 3.8) is 0 Å². The van der Waals surface area contributed by atoms with E-state index in [0.29, 0.717) is 22.5 Å². The molecule has 0 atom stereocenters. The van der Waals surface area contributed by atoms with E-state index in [1.54, 1.807) is 18.2 Å². The third-order valence-electron chi connectivity index (χ3n) is 4.21. The molecule has 2 heterocycles. The number of amides is 1. The summed E-state index contributed by atoms with van der Waals surface area (Å²) in [6.45, 7) is 5.61. The van der Waals surface area contributed by atoms with E-state index in [0.717, 1.165) is 37.2 Å². The van der Waals surface area contributed by atoms with E-state index in [4.69, 9.17) is 16.3 Å². The summed E-state index contributed by atoms with van der Waals surface area (Å²) in [6.07, 6.45) is 3.54. The molecule has 0 unspecified atom stereocenters. The van der Waals surface area contributed by atoms with E-state index in [1.807, 2.05) is 19.9 Å². The largest absolute Gasteiger partial charge is 0.467 e. The Hall–Kier alpha value is -2.34. The summed E-state index contributed by atoms with van der Waals surface area (Å²) in [5.74, 6) is 0.788. The first kappa shape index (κ1) is 18.5. The molecule has 6 nitrogen and oxygen atoms in total. The molecule has 1 aliphatic rings. The van der Waals surface area contributed by atoms with Gasteiger partial charge in [0.1, 0.15) is 0 Å². The van der Waals surface area contributed by atoms with Crippen molar-refractivity contribution in [2.24, 2.45) is 0 Å². The summed E-state index contributed by atoms with van der Waals surface area (Å²) in [5, 5.41) is 3.25. The number of hydrogen-bond donors (Lipinski definition) is 1. The predicted molar refractivity (Wildman–Crippen MR) is 103 cm³/mol.